The van der Waals surface area contributed by atoms with Crippen LogP contribution in [0.5, 0.6) is 5.75 Å². The number of nitrogens with one attached hydrogen (secondary N) is 1. The molecule has 1 saturated heterocycles. The molecule has 1 fully saturated rings. The molecule has 0 bridgehead atoms. The number of likely N-dealkylation sites (N-methyl/N-ethyl adjacent to an activating group) is 1. The average molecular weight is 515 g/mol. The largest absolute Gasteiger partial charge is 0.488 e. The highest BCUT2D eigenvalue weighted by molar-refractivity contribution is 5.77. The number of piperazine rings is 1. The molecular weight excluding hydrogens is 484 g/mol. The standard InChI is InChI=1S/C27H30N8O3/c1-4-11-34-25(36)20-16-28-26(29-18-5-7-19(8-6-18)33-14-12-32(3)13-15-33)31-24(20)35(34)22-10-9-21-23(30-22)27(2,37)17-38-21/h4-10,16,37H,1,11-15,17H2,2-3H3,(H,28,29,31)/t27-/m0/s1. The fourth-order valence-corrected chi connectivity index (χ4v) is 4.90. The van der Waals surface area contributed by atoms with Crippen molar-refractivity contribution in [3.8, 4) is 11.6 Å². The van der Waals surface area contributed by atoms with Crippen LogP contribution >= 0.6 is 0 Å². The van der Waals surface area contributed by atoms with E-state index in [2.05, 4.69) is 50.8 Å². The Hall–Kier alpha value is -4.22. The van der Waals surface area contributed by atoms with Gasteiger partial charge in [0, 0.05) is 43.8 Å². The van der Waals surface area contributed by atoms with E-state index in [4.69, 9.17) is 9.72 Å². The molecule has 0 amide bonds. The highest BCUT2D eigenvalue weighted by Gasteiger charge is 2.36. The third-order valence-electron chi connectivity index (χ3n) is 7.05. The van der Waals surface area contributed by atoms with Gasteiger partial charge in [0.1, 0.15) is 29.0 Å². The first kappa shape index (κ1) is 24.1. The van der Waals surface area contributed by atoms with Crippen molar-refractivity contribution in [2.75, 3.05) is 50.1 Å². The fraction of sp³-hybridized carbons (Fsp3) is 0.333. The molecule has 4 aromatic rings. The fourth-order valence-electron chi connectivity index (χ4n) is 4.90. The van der Waals surface area contributed by atoms with Crippen LogP contribution in [0.1, 0.15) is 12.6 Å². The average Bonchev–Trinajstić information content (AvgIpc) is 3.37. The van der Waals surface area contributed by atoms with Crippen molar-refractivity contribution in [2.45, 2.75) is 19.1 Å². The van der Waals surface area contributed by atoms with Crippen LogP contribution in [0.2, 0.25) is 0 Å². The summed E-state index contributed by atoms with van der Waals surface area (Å²) in [4.78, 5) is 31.7. The van der Waals surface area contributed by atoms with Crippen LogP contribution in [0.15, 0.2) is 60.0 Å². The first-order valence-corrected chi connectivity index (χ1v) is 12.6. The topological polar surface area (TPSA) is 114 Å². The molecule has 38 heavy (non-hydrogen) atoms. The molecule has 2 aliphatic heterocycles. The van der Waals surface area contributed by atoms with Gasteiger partial charge < -0.3 is 25.0 Å². The van der Waals surface area contributed by atoms with Crippen molar-refractivity contribution >= 4 is 28.4 Å². The molecule has 1 aromatic carbocycles. The Balaban J connectivity index is 1.36. The van der Waals surface area contributed by atoms with E-state index >= 15 is 0 Å². The number of anilines is 3. The molecule has 0 spiro atoms. The Labute approximate surface area is 219 Å². The van der Waals surface area contributed by atoms with E-state index in [9.17, 15) is 9.90 Å². The summed E-state index contributed by atoms with van der Waals surface area (Å²) >= 11 is 0. The molecule has 196 valence electrons. The van der Waals surface area contributed by atoms with Crippen LogP contribution in [0.25, 0.3) is 16.9 Å². The van der Waals surface area contributed by atoms with Crippen LogP contribution in [-0.2, 0) is 12.1 Å². The normalized spacial score (nSPS) is 19.4. The lowest BCUT2D eigenvalue weighted by Crippen LogP contribution is -2.44. The highest BCUT2D eigenvalue weighted by Crippen LogP contribution is 2.36. The second kappa shape index (κ2) is 9.26. The Morgan fingerprint density at radius 1 is 1.13 bits per heavy atom. The predicted molar refractivity (Wildman–Crippen MR) is 146 cm³/mol. The molecule has 2 aliphatic rings. The van der Waals surface area contributed by atoms with Gasteiger partial charge in [-0.2, -0.15) is 4.98 Å². The molecule has 6 rings (SSSR count). The van der Waals surface area contributed by atoms with Crippen LogP contribution in [0, 0.1) is 0 Å². The molecule has 1 atom stereocenters. The molecule has 0 unspecified atom stereocenters. The first-order valence-electron chi connectivity index (χ1n) is 12.6. The third-order valence-corrected chi connectivity index (χ3v) is 7.05. The quantitative estimate of drug-likeness (QED) is 0.374. The van der Waals surface area contributed by atoms with E-state index in [1.165, 1.54) is 16.6 Å². The van der Waals surface area contributed by atoms with Crippen LogP contribution in [0.4, 0.5) is 17.3 Å². The molecular formula is C27H30N8O3. The Kier molecular flexibility index (Phi) is 5.88. The van der Waals surface area contributed by atoms with Gasteiger partial charge in [-0.3, -0.25) is 4.79 Å². The molecule has 0 aliphatic carbocycles. The number of pyridine rings is 1. The van der Waals surface area contributed by atoms with Crippen LogP contribution < -0.4 is 20.5 Å². The van der Waals surface area contributed by atoms with Crippen molar-refractivity contribution in [3.63, 3.8) is 0 Å². The summed E-state index contributed by atoms with van der Waals surface area (Å²) in [5, 5.41) is 14.3. The first-order chi connectivity index (χ1) is 18.3. The van der Waals surface area contributed by atoms with E-state index < -0.39 is 5.60 Å². The van der Waals surface area contributed by atoms with Crippen molar-refractivity contribution in [2.24, 2.45) is 0 Å². The molecule has 11 heteroatoms. The number of aromatic nitrogens is 5. The maximum atomic E-state index is 13.2. The monoisotopic (exact) mass is 514 g/mol. The second-order valence-corrected chi connectivity index (χ2v) is 9.96. The minimum absolute atomic E-state index is 0.120. The van der Waals surface area contributed by atoms with Crippen molar-refractivity contribution in [3.05, 3.63) is 71.3 Å². The summed E-state index contributed by atoms with van der Waals surface area (Å²) in [6.45, 7) is 9.91. The zero-order chi connectivity index (χ0) is 26.4. The van der Waals surface area contributed by atoms with E-state index in [1.54, 1.807) is 29.8 Å². The number of nitrogens with zero attached hydrogens (tertiary/aromatic N) is 7. The number of fused-ring (bicyclic) bond motifs is 2. The number of rotatable bonds is 6. The predicted octanol–water partition coefficient (Wildman–Crippen LogP) is 2.26. The van der Waals surface area contributed by atoms with Crippen molar-refractivity contribution in [1.29, 1.82) is 0 Å². The second-order valence-electron chi connectivity index (χ2n) is 9.96. The van der Waals surface area contributed by atoms with Gasteiger partial charge in [-0.15, -0.1) is 6.58 Å². The van der Waals surface area contributed by atoms with Gasteiger partial charge >= 0.3 is 0 Å². The summed E-state index contributed by atoms with van der Waals surface area (Å²) < 4.78 is 8.70. The minimum Gasteiger partial charge on any atom is -0.488 e. The van der Waals surface area contributed by atoms with Crippen molar-refractivity contribution < 1.29 is 9.84 Å². The van der Waals surface area contributed by atoms with Gasteiger partial charge in [0.2, 0.25) is 5.95 Å². The molecule has 3 aromatic heterocycles. The van der Waals surface area contributed by atoms with E-state index in [1.807, 2.05) is 12.1 Å². The number of ether oxygens (including phenoxy) is 1. The number of benzene rings is 1. The van der Waals surface area contributed by atoms with Gasteiger partial charge in [-0.1, -0.05) is 6.08 Å². The smallest absolute Gasteiger partial charge is 0.278 e. The molecule has 2 N–H and O–H groups in total. The minimum atomic E-state index is -1.23. The summed E-state index contributed by atoms with van der Waals surface area (Å²) in [6.07, 6.45) is 3.16. The molecule has 5 heterocycles. The number of allylic oxidation sites excluding steroid dienone is 1. The van der Waals surface area contributed by atoms with Crippen LogP contribution in [-0.4, -0.2) is 74.2 Å². The zero-order valence-electron chi connectivity index (χ0n) is 21.5. The maximum absolute atomic E-state index is 13.2. The highest BCUT2D eigenvalue weighted by atomic mass is 16.5. The van der Waals surface area contributed by atoms with E-state index in [-0.39, 0.29) is 18.7 Å². The van der Waals surface area contributed by atoms with Crippen LogP contribution in [0.3, 0.4) is 0 Å². The van der Waals surface area contributed by atoms with Gasteiger partial charge in [-0.05, 0) is 50.4 Å². The summed E-state index contributed by atoms with van der Waals surface area (Å²) in [6, 6.07) is 11.7. The lowest BCUT2D eigenvalue weighted by molar-refractivity contribution is 0.0320. The zero-order valence-corrected chi connectivity index (χ0v) is 21.5. The maximum Gasteiger partial charge on any atom is 0.278 e. The molecule has 11 nitrogen and oxygen atoms in total. The van der Waals surface area contributed by atoms with Gasteiger partial charge in [0.15, 0.2) is 11.5 Å². The number of hydrogen-bond acceptors (Lipinski definition) is 9. The third kappa shape index (κ3) is 4.19. The Bertz CT molecular complexity index is 1570. The number of aliphatic hydroxyl groups is 1. The van der Waals surface area contributed by atoms with E-state index in [0.29, 0.717) is 34.2 Å². The van der Waals surface area contributed by atoms with Crippen molar-refractivity contribution in [1.82, 2.24) is 29.2 Å². The van der Waals surface area contributed by atoms with E-state index in [0.717, 1.165) is 31.9 Å². The molecule has 0 radical (unpaired) electrons. The Morgan fingerprint density at radius 2 is 1.89 bits per heavy atom. The lowest BCUT2D eigenvalue weighted by atomic mass is 10.1. The van der Waals surface area contributed by atoms with Gasteiger partial charge in [-0.25, -0.2) is 19.3 Å². The SMILES string of the molecule is C=CCn1c(=O)c2cnc(Nc3ccc(N4CCN(C)CC4)cc3)nc2n1-c1ccc2c(n1)[C@@](C)(O)CO2. The number of hydrogen-bond donors (Lipinski definition) is 2. The van der Waals surface area contributed by atoms with Gasteiger partial charge in [0.25, 0.3) is 5.56 Å². The lowest BCUT2D eigenvalue weighted by Gasteiger charge is -2.34. The van der Waals surface area contributed by atoms with Gasteiger partial charge in [0.05, 0.1) is 6.54 Å². The summed E-state index contributed by atoms with van der Waals surface area (Å²) in [5.74, 6) is 1.31. The summed E-state index contributed by atoms with van der Waals surface area (Å²) in [7, 11) is 2.14. The molecule has 0 saturated carbocycles. The Morgan fingerprint density at radius 3 is 2.63 bits per heavy atom. The summed E-state index contributed by atoms with van der Waals surface area (Å²) in [5.41, 5.74) is 1.35.